The fourth-order valence-corrected chi connectivity index (χ4v) is 3.56. The number of tetrazole rings is 1. The van der Waals surface area contributed by atoms with Crippen molar-refractivity contribution in [1.82, 2.24) is 35.0 Å². The summed E-state index contributed by atoms with van der Waals surface area (Å²) in [6.45, 7) is 6.65. The molecule has 0 atom stereocenters. The van der Waals surface area contributed by atoms with Crippen LogP contribution in [0.2, 0.25) is 0 Å². The first-order valence-corrected chi connectivity index (χ1v) is 10.5. The maximum atomic E-state index is 12.9. The van der Waals surface area contributed by atoms with Gasteiger partial charge in [-0.25, -0.2) is 9.48 Å². The fourth-order valence-electron chi connectivity index (χ4n) is 3.56. The number of benzene rings is 2. The van der Waals surface area contributed by atoms with E-state index in [0.29, 0.717) is 25.3 Å². The van der Waals surface area contributed by atoms with Crippen molar-refractivity contribution in [1.29, 1.82) is 0 Å². The minimum Gasteiger partial charge on any atom is -0.274 e. The third-order valence-electron chi connectivity index (χ3n) is 5.20. The van der Waals surface area contributed by atoms with Gasteiger partial charge in [0.15, 0.2) is 0 Å². The van der Waals surface area contributed by atoms with E-state index in [-0.39, 0.29) is 5.69 Å². The van der Waals surface area contributed by atoms with E-state index < -0.39 is 0 Å². The number of hydrogen-bond acceptors (Lipinski definition) is 5. The van der Waals surface area contributed by atoms with Crippen molar-refractivity contribution >= 4 is 0 Å². The molecule has 0 radical (unpaired) electrons. The molecule has 0 aliphatic rings. The maximum absolute atomic E-state index is 12.9. The Kier molecular flexibility index (Phi) is 6.50. The highest BCUT2D eigenvalue weighted by Crippen LogP contribution is 2.29. The first kappa shape index (κ1) is 21.2. The second-order valence-electron chi connectivity index (χ2n) is 7.34. The van der Waals surface area contributed by atoms with Gasteiger partial charge in [-0.1, -0.05) is 66.8 Å². The smallest absolute Gasteiger partial charge is 0.274 e. The van der Waals surface area contributed by atoms with Gasteiger partial charge in [0, 0.05) is 12.0 Å². The van der Waals surface area contributed by atoms with Crippen LogP contribution < -0.4 is 5.69 Å². The normalized spacial score (nSPS) is 11.3. The summed E-state index contributed by atoms with van der Waals surface area (Å²) < 4.78 is 3.25. The molecule has 32 heavy (non-hydrogen) atoms. The van der Waals surface area contributed by atoms with Crippen LogP contribution >= 0.6 is 0 Å². The number of nitrogens with zero attached hydrogens (tertiary/aromatic N) is 6. The Labute approximate surface area is 185 Å². The van der Waals surface area contributed by atoms with E-state index in [4.69, 9.17) is 0 Å². The van der Waals surface area contributed by atoms with Gasteiger partial charge in [-0.2, -0.15) is 10.3 Å². The molecule has 0 aliphatic carbocycles. The molecule has 0 aliphatic heterocycles. The van der Waals surface area contributed by atoms with Crippen molar-refractivity contribution in [2.75, 3.05) is 0 Å². The van der Waals surface area contributed by atoms with Crippen LogP contribution in [0.3, 0.4) is 0 Å². The first-order chi connectivity index (χ1) is 15.7. The van der Waals surface area contributed by atoms with Gasteiger partial charge in [0.2, 0.25) is 5.82 Å². The van der Waals surface area contributed by atoms with Crippen molar-refractivity contribution in [2.45, 2.75) is 32.9 Å². The summed E-state index contributed by atoms with van der Waals surface area (Å²) in [5.74, 6) is 1.32. The number of hydrogen-bond donors (Lipinski definition) is 1. The zero-order chi connectivity index (χ0) is 22.3. The molecule has 0 unspecified atom stereocenters. The van der Waals surface area contributed by atoms with Gasteiger partial charge < -0.3 is 0 Å². The van der Waals surface area contributed by atoms with Gasteiger partial charge in [0.1, 0.15) is 5.82 Å². The number of allylic oxidation sites excluding steroid dienone is 3. The summed E-state index contributed by atoms with van der Waals surface area (Å²) in [6, 6.07) is 16.1. The molecule has 0 saturated carbocycles. The number of aromatic nitrogens is 7. The maximum Gasteiger partial charge on any atom is 0.346 e. The summed E-state index contributed by atoms with van der Waals surface area (Å²) in [5, 5.41) is 18.9. The van der Waals surface area contributed by atoms with Crippen LogP contribution in [0.25, 0.3) is 22.5 Å². The number of rotatable bonds is 9. The molecule has 4 aromatic rings. The number of aryl methyl sites for hydroxylation is 1. The van der Waals surface area contributed by atoms with Gasteiger partial charge in [-0.05, 0) is 35.2 Å². The molecule has 0 amide bonds. The van der Waals surface area contributed by atoms with Crippen molar-refractivity contribution in [3.05, 3.63) is 95.2 Å². The highest BCUT2D eigenvalue weighted by atomic mass is 16.2. The lowest BCUT2D eigenvalue weighted by Crippen LogP contribution is -2.25. The molecule has 8 heteroatoms. The number of H-pyrrole nitrogens is 1. The zero-order valence-electron chi connectivity index (χ0n) is 18.0. The Morgan fingerprint density at radius 2 is 1.88 bits per heavy atom. The molecular formula is C24H25N7O. The molecule has 2 aromatic carbocycles. The predicted octanol–water partition coefficient (Wildman–Crippen LogP) is 3.63. The minimum atomic E-state index is -0.103. The largest absolute Gasteiger partial charge is 0.346 e. The molecule has 0 bridgehead atoms. The highest BCUT2D eigenvalue weighted by molar-refractivity contribution is 5.80. The Balaban J connectivity index is 1.62. The lowest BCUT2D eigenvalue weighted by molar-refractivity contribution is 0.647. The predicted molar refractivity (Wildman–Crippen MR) is 124 cm³/mol. The van der Waals surface area contributed by atoms with Crippen LogP contribution in [-0.4, -0.2) is 35.0 Å². The minimum absolute atomic E-state index is 0.103. The molecule has 162 valence electrons. The van der Waals surface area contributed by atoms with Crippen LogP contribution in [0, 0.1) is 0 Å². The lowest BCUT2D eigenvalue weighted by atomic mass is 9.98. The number of aromatic amines is 1. The van der Waals surface area contributed by atoms with E-state index in [1.807, 2.05) is 73.7 Å². The number of nitrogens with one attached hydrogen (secondary N) is 1. The standard InChI is InChI=1S/C24H25N7O/c1-3-5-11-22-27-31(16-6-4-2)24(32)30(22)17-18-12-14-19(15-13-18)20-9-7-8-10-21(20)23-25-28-29-26-23/h3-4,6-10,12-15H,1,5,11,16-17H2,2H3,(H,25,26,28,29). The van der Waals surface area contributed by atoms with Crippen LogP contribution in [0.5, 0.6) is 0 Å². The van der Waals surface area contributed by atoms with Gasteiger partial charge in [0.05, 0.1) is 13.1 Å². The van der Waals surface area contributed by atoms with Crippen molar-refractivity contribution < 1.29 is 0 Å². The van der Waals surface area contributed by atoms with Crippen molar-refractivity contribution in [3.8, 4) is 22.5 Å². The molecule has 0 spiro atoms. The third-order valence-corrected chi connectivity index (χ3v) is 5.20. The summed E-state index contributed by atoms with van der Waals surface area (Å²) in [6.07, 6.45) is 7.13. The molecule has 0 saturated heterocycles. The molecule has 2 aromatic heterocycles. The summed E-state index contributed by atoms with van der Waals surface area (Å²) >= 11 is 0. The van der Waals surface area contributed by atoms with Gasteiger partial charge in [0.25, 0.3) is 0 Å². The van der Waals surface area contributed by atoms with E-state index >= 15 is 0 Å². The first-order valence-electron chi connectivity index (χ1n) is 10.5. The van der Waals surface area contributed by atoms with E-state index in [1.54, 1.807) is 4.57 Å². The summed E-state index contributed by atoms with van der Waals surface area (Å²) in [5.41, 5.74) is 3.88. The molecule has 4 rings (SSSR count). The van der Waals surface area contributed by atoms with E-state index in [2.05, 4.69) is 32.3 Å². The van der Waals surface area contributed by atoms with Crippen LogP contribution in [0.1, 0.15) is 24.7 Å². The molecule has 1 N–H and O–H groups in total. The Morgan fingerprint density at radius 3 is 2.56 bits per heavy atom. The van der Waals surface area contributed by atoms with E-state index in [9.17, 15) is 4.79 Å². The van der Waals surface area contributed by atoms with Gasteiger partial charge >= 0.3 is 5.69 Å². The van der Waals surface area contributed by atoms with Crippen molar-refractivity contribution in [3.63, 3.8) is 0 Å². The van der Waals surface area contributed by atoms with Crippen LogP contribution in [0.4, 0.5) is 0 Å². The Hall–Kier alpha value is -4.07. The van der Waals surface area contributed by atoms with Gasteiger partial charge in [-0.3, -0.25) is 4.57 Å². The quantitative estimate of drug-likeness (QED) is 0.412. The Morgan fingerprint density at radius 1 is 1.09 bits per heavy atom. The molecule has 2 heterocycles. The van der Waals surface area contributed by atoms with Crippen LogP contribution in [-0.2, 0) is 19.5 Å². The SMILES string of the molecule is C=CCCc1nn(CC=CC)c(=O)n1Cc1ccc(-c2ccccc2-c2nn[nH]n2)cc1. The van der Waals surface area contributed by atoms with Gasteiger partial charge in [-0.15, -0.1) is 16.8 Å². The average Bonchev–Trinajstić information content (AvgIpc) is 3.46. The third kappa shape index (κ3) is 4.49. The molecule has 8 nitrogen and oxygen atoms in total. The molecule has 0 fully saturated rings. The van der Waals surface area contributed by atoms with E-state index in [0.717, 1.165) is 34.5 Å². The van der Waals surface area contributed by atoms with Crippen molar-refractivity contribution in [2.24, 2.45) is 0 Å². The average molecular weight is 428 g/mol. The molecular weight excluding hydrogens is 402 g/mol. The van der Waals surface area contributed by atoms with Crippen LogP contribution in [0.15, 0.2) is 78.1 Å². The Bertz CT molecular complexity index is 1260. The highest BCUT2D eigenvalue weighted by Gasteiger charge is 2.14. The second kappa shape index (κ2) is 9.82. The summed E-state index contributed by atoms with van der Waals surface area (Å²) in [7, 11) is 0. The monoisotopic (exact) mass is 427 g/mol. The fraction of sp³-hybridized carbons (Fsp3) is 0.208. The topological polar surface area (TPSA) is 94.3 Å². The second-order valence-corrected chi connectivity index (χ2v) is 7.34. The van der Waals surface area contributed by atoms with E-state index in [1.165, 1.54) is 4.68 Å². The lowest BCUT2D eigenvalue weighted by Gasteiger charge is -2.09. The summed E-state index contributed by atoms with van der Waals surface area (Å²) in [4.78, 5) is 12.9. The zero-order valence-corrected chi connectivity index (χ0v) is 18.0.